The van der Waals surface area contributed by atoms with E-state index in [1.807, 2.05) is 25.1 Å². The molecule has 2 rings (SSSR count). The molecule has 0 radical (unpaired) electrons. The third-order valence-electron chi connectivity index (χ3n) is 3.00. The Morgan fingerprint density at radius 1 is 1.56 bits per heavy atom. The van der Waals surface area contributed by atoms with Gasteiger partial charge in [-0.3, -0.25) is 9.89 Å². The highest BCUT2D eigenvalue weighted by molar-refractivity contribution is 5.94. The number of aromatic nitrogens is 2. The Labute approximate surface area is 106 Å². The average molecular weight is 246 g/mol. The first-order valence-corrected chi connectivity index (χ1v) is 6.15. The minimum atomic E-state index is -0.0222. The lowest BCUT2D eigenvalue weighted by atomic mass is 10.0. The van der Waals surface area contributed by atoms with Crippen molar-refractivity contribution in [1.29, 1.82) is 0 Å². The summed E-state index contributed by atoms with van der Waals surface area (Å²) in [6.07, 6.45) is 3.44. The minimum absolute atomic E-state index is 0.0222. The molecule has 1 atom stereocenters. The number of hydrogen-bond donors (Lipinski definition) is 3. The number of H-pyrrole nitrogens is 1. The molecule has 1 aromatic carbocycles. The predicted molar refractivity (Wildman–Crippen MR) is 72.2 cm³/mol. The Balaban J connectivity index is 2.01. The molecular weight excluding hydrogens is 228 g/mol. The van der Waals surface area contributed by atoms with Gasteiger partial charge in [-0.2, -0.15) is 5.10 Å². The van der Waals surface area contributed by atoms with Crippen LogP contribution in [0, 0.1) is 5.92 Å². The number of benzene rings is 1. The highest BCUT2D eigenvalue weighted by Gasteiger charge is 2.12. The molecule has 1 heterocycles. The largest absolute Gasteiger partial charge is 0.330 e. The summed E-state index contributed by atoms with van der Waals surface area (Å²) in [6.45, 7) is 2.54. The van der Waals surface area contributed by atoms with Crippen molar-refractivity contribution in [3.63, 3.8) is 0 Å². The maximum absolute atomic E-state index is 11.9. The normalized spacial score (nSPS) is 12.6. The van der Waals surface area contributed by atoms with Crippen molar-refractivity contribution in [2.45, 2.75) is 19.8 Å². The van der Waals surface area contributed by atoms with E-state index in [1.54, 1.807) is 6.20 Å². The van der Waals surface area contributed by atoms with Gasteiger partial charge in [-0.15, -0.1) is 0 Å². The van der Waals surface area contributed by atoms with Crippen LogP contribution in [0.3, 0.4) is 0 Å². The summed E-state index contributed by atoms with van der Waals surface area (Å²) in [6, 6.07) is 5.69. The molecule has 0 bridgehead atoms. The molecule has 0 aliphatic heterocycles. The maximum Gasteiger partial charge on any atom is 0.227 e. The van der Waals surface area contributed by atoms with Crippen molar-refractivity contribution in [2.75, 3.05) is 11.9 Å². The number of carbonyl (C=O) groups is 1. The maximum atomic E-state index is 11.9. The Morgan fingerprint density at radius 2 is 2.39 bits per heavy atom. The van der Waals surface area contributed by atoms with E-state index in [0.717, 1.165) is 29.4 Å². The van der Waals surface area contributed by atoms with Crippen molar-refractivity contribution in [3.05, 3.63) is 24.4 Å². The van der Waals surface area contributed by atoms with Gasteiger partial charge in [0.1, 0.15) is 0 Å². The van der Waals surface area contributed by atoms with Crippen LogP contribution in [0.4, 0.5) is 5.69 Å². The van der Waals surface area contributed by atoms with Gasteiger partial charge >= 0.3 is 0 Å². The van der Waals surface area contributed by atoms with Crippen LogP contribution in [0.2, 0.25) is 0 Å². The fourth-order valence-electron chi connectivity index (χ4n) is 1.84. The fraction of sp³-hybridized carbons (Fsp3) is 0.385. The summed E-state index contributed by atoms with van der Waals surface area (Å²) in [5.41, 5.74) is 7.14. The van der Waals surface area contributed by atoms with E-state index in [2.05, 4.69) is 15.5 Å². The summed E-state index contributed by atoms with van der Waals surface area (Å²) in [7, 11) is 0. The lowest BCUT2D eigenvalue weighted by Crippen LogP contribution is -2.21. The molecule has 4 N–H and O–H groups in total. The number of carbonyl (C=O) groups excluding carboxylic acids is 1. The number of nitrogens with one attached hydrogen (secondary N) is 2. The molecule has 0 aliphatic rings. The van der Waals surface area contributed by atoms with Gasteiger partial charge in [0, 0.05) is 17.0 Å². The van der Waals surface area contributed by atoms with E-state index in [1.165, 1.54) is 0 Å². The number of amides is 1. The number of nitrogens with two attached hydrogens (primary N) is 1. The van der Waals surface area contributed by atoms with E-state index in [4.69, 9.17) is 5.73 Å². The molecule has 0 aliphatic carbocycles. The van der Waals surface area contributed by atoms with Crippen molar-refractivity contribution < 1.29 is 4.79 Å². The molecule has 0 saturated carbocycles. The number of rotatable bonds is 5. The van der Waals surface area contributed by atoms with E-state index in [9.17, 15) is 4.79 Å². The molecule has 0 spiro atoms. The second kappa shape index (κ2) is 5.64. The zero-order valence-electron chi connectivity index (χ0n) is 10.4. The molecule has 0 fully saturated rings. The second-order valence-electron chi connectivity index (χ2n) is 4.49. The molecule has 0 saturated heterocycles. The van der Waals surface area contributed by atoms with Crippen LogP contribution in [0.15, 0.2) is 24.4 Å². The van der Waals surface area contributed by atoms with Crippen molar-refractivity contribution in [2.24, 2.45) is 11.7 Å². The van der Waals surface area contributed by atoms with Crippen LogP contribution in [-0.4, -0.2) is 22.6 Å². The lowest BCUT2D eigenvalue weighted by Gasteiger charge is -2.11. The standard InChI is InChI=1S/C13H18N4O/c1-9(3-2-6-14)13(18)16-11-5-4-10-8-15-17-12(10)7-11/h4-5,7-9H,2-3,6,14H2,1H3,(H,15,17)(H,16,18). The van der Waals surface area contributed by atoms with Crippen LogP contribution < -0.4 is 11.1 Å². The lowest BCUT2D eigenvalue weighted by molar-refractivity contribution is -0.119. The number of aromatic amines is 1. The molecule has 18 heavy (non-hydrogen) atoms. The van der Waals surface area contributed by atoms with E-state index in [-0.39, 0.29) is 11.8 Å². The third kappa shape index (κ3) is 2.87. The summed E-state index contributed by atoms with van der Waals surface area (Å²) in [5, 5.41) is 10.8. The van der Waals surface area contributed by atoms with Crippen LogP contribution in [-0.2, 0) is 4.79 Å². The van der Waals surface area contributed by atoms with Gasteiger partial charge in [-0.05, 0) is 37.6 Å². The highest BCUT2D eigenvalue weighted by Crippen LogP contribution is 2.17. The first-order valence-electron chi connectivity index (χ1n) is 6.15. The predicted octanol–water partition coefficient (Wildman–Crippen LogP) is 1.88. The van der Waals surface area contributed by atoms with Gasteiger partial charge in [-0.1, -0.05) is 6.92 Å². The number of hydrogen-bond acceptors (Lipinski definition) is 3. The SMILES string of the molecule is CC(CCCN)C(=O)Nc1ccc2cn[nH]c2c1. The van der Waals surface area contributed by atoms with Gasteiger partial charge < -0.3 is 11.1 Å². The zero-order chi connectivity index (χ0) is 13.0. The van der Waals surface area contributed by atoms with Gasteiger partial charge in [0.2, 0.25) is 5.91 Å². The average Bonchev–Trinajstić information content (AvgIpc) is 2.83. The first kappa shape index (κ1) is 12.6. The summed E-state index contributed by atoms with van der Waals surface area (Å²) in [4.78, 5) is 11.9. The fourth-order valence-corrected chi connectivity index (χ4v) is 1.84. The molecule has 5 nitrogen and oxygen atoms in total. The van der Waals surface area contributed by atoms with Crippen LogP contribution in [0.25, 0.3) is 10.9 Å². The Bertz CT molecular complexity index is 535. The second-order valence-corrected chi connectivity index (χ2v) is 4.49. The molecule has 2 aromatic rings. The van der Waals surface area contributed by atoms with Gasteiger partial charge in [-0.25, -0.2) is 0 Å². The Hall–Kier alpha value is -1.88. The van der Waals surface area contributed by atoms with Gasteiger partial charge in [0.05, 0.1) is 11.7 Å². The summed E-state index contributed by atoms with van der Waals surface area (Å²) < 4.78 is 0. The number of fused-ring (bicyclic) bond motifs is 1. The number of anilines is 1. The van der Waals surface area contributed by atoms with E-state index in [0.29, 0.717) is 6.54 Å². The van der Waals surface area contributed by atoms with Crippen LogP contribution in [0.5, 0.6) is 0 Å². The quantitative estimate of drug-likeness (QED) is 0.753. The molecule has 1 unspecified atom stereocenters. The molecular formula is C13H18N4O. The highest BCUT2D eigenvalue weighted by atomic mass is 16.1. The summed E-state index contributed by atoms with van der Waals surface area (Å²) in [5.74, 6) is 0.00771. The van der Waals surface area contributed by atoms with Crippen molar-refractivity contribution >= 4 is 22.5 Å². The molecule has 1 aromatic heterocycles. The van der Waals surface area contributed by atoms with Crippen LogP contribution >= 0.6 is 0 Å². The van der Waals surface area contributed by atoms with Crippen molar-refractivity contribution in [1.82, 2.24) is 10.2 Å². The van der Waals surface area contributed by atoms with E-state index >= 15 is 0 Å². The van der Waals surface area contributed by atoms with Gasteiger partial charge in [0.25, 0.3) is 0 Å². The first-order chi connectivity index (χ1) is 8.70. The van der Waals surface area contributed by atoms with Crippen LogP contribution in [0.1, 0.15) is 19.8 Å². The molecule has 5 heteroatoms. The monoisotopic (exact) mass is 246 g/mol. The zero-order valence-corrected chi connectivity index (χ0v) is 10.4. The minimum Gasteiger partial charge on any atom is -0.330 e. The van der Waals surface area contributed by atoms with Crippen molar-refractivity contribution in [3.8, 4) is 0 Å². The number of nitrogens with zero attached hydrogens (tertiary/aromatic N) is 1. The smallest absolute Gasteiger partial charge is 0.227 e. The third-order valence-corrected chi connectivity index (χ3v) is 3.00. The summed E-state index contributed by atoms with van der Waals surface area (Å²) >= 11 is 0. The molecule has 1 amide bonds. The Morgan fingerprint density at radius 3 is 3.17 bits per heavy atom. The topological polar surface area (TPSA) is 83.8 Å². The Kier molecular flexibility index (Phi) is 3.94. The van der Waals surface area contributed by atoms with E-state index < -0.39 is 0 Å². The molecule has 96 valence electrons. The van der Waals surface area contributed by atoms with Gasteiger partial charge in [0.15, 0.2) is 0 Å².